The molecule has 1 aromatic rings. The van der Waals surface area contributed by atoms with Crippen molar-refractivity contribution in [2.24, 2.45) is 5.92 Å². The number of anilines is 1. The van der Waals surface area contributed by atoms with Crippen LogP contribution in [0, 0.1) is 12.8 Å². The average molecular weight is 183 g/mol. The molecule has 4 nitrogen and oxygen atoms in total. The lowest BCUT2D eigenvalue weighted by Gasteiger charge is -2.10. The number of aryl methyl sites for hydroxylation is 1. The van der Waals surface area contributed by atoms with Gasteiger partial charge in [0.15, 0.2) is 0 Å². The summed E-state index contributed by atoms with van der Waals surface area (Å²) in [4.78, 5) is 0. The van der Waals surface area contributed by atoms with Crippen LogP contribution in [0.2, 0.25) is 0 Å². The van der Waals surface area contributed by atoms with Crippen molar-refractivity contribution in [3.8, 4) is 0 Å². The van der Waals surface area contributed by atoms with E-state index in [4.69, 9.17) is 10.5 Å². The van der Waals surface area contributed by atoms with Gasteiger partial charge >= 0.3 is 0 Å². The highest BCUT2D eigenvalue weighted by Gasteiger charge is 2.06. The molecule has 1 unspecified atom stereocenters. The predicted octanol–water partition coefficient (Wildman–Crippen LogP) is 1.06. The van der Waals surface area contributed by atoms with Gasteiger partial charge in [0.25, 0.3) is 0 Å². The van der Waals surface area contributed by atoms with Gasteiger partial charge in [0.2, 0.25) is 0 Å². The summed E-state index contributed by atoms with van der Waals surface area (Å²) in [5, 5.41) is 4.27. The van der Waals surface area contributed by atoms with Gasteiger partial charge in [0.05, 0.1) is 12.3 Å². The Kier molecular flexibility index (Phi) is 3.31. The lowest BCUT2D eigenvalue weighted by Crippen LogP contribution is -2.15. The summed E-state index contributed by atoms with van der Waals surface area (Å²) < 4.78 is 6.86. The molecule has 0 aliphatic carbocycles. The van der Waals surface area contributed by atoms with Gasteiger partial charge in [-0.1, -0.05) is 6.92 Å². The molecule has 74 valence electrons. The van der Waals surface area contributed by atoms with Crippen LogP contribution in [-0.2, 0) is 11.3 Å². The smallest absolute Gasteiger partial charge is 0.121 e. The van der Waals surface area contributed by atoms with E-state index in [0.717, 1.165) is 24.7 Å². The van der Waals surface area contributed by atoms with Crippen LogP contribution in [0.5, 0.6) is 0 Å². The molecule has 1 aromatic heterocycles. The summed E-state index contributed by atoms with van der Waals surface area (Å²) >= 11 is 0. The molecule has 0 radical (unpaired) electrons. The quantitative estimate of drug-likeness (QED) is 0.759. The molecule has 0 bridgehead atoms. The van der Waals surface area contributed by atoms with Crippen LogP contribution < -0.4 is 5.73 Å². The molecule has 1 rings (SSSR count). The third-order valence-corrected chi connectivity index (χ3v) is 1.87. The van der Waals surface area contributed by atoms with Gasteiger partial charge in [-0.3, -0.25) is 0 Å². The van der Waals surface area contributed by atoms with Crippen LogP contribution in [0.3, 0.4) is 0 Å². The number of aromatic nitrogens is 2. The summed E-state index contributed by atoms with van der Waals surface area (Å²) in [6, 6.07) is 1.87. The van der Waals surface area contributed by atoms with E-state index in [0.29, 0.717) is 5.92 Å². The zero-order valence-electron chi connectivity index (χ0n) is 8.45. The summed E-state index contributed by atoms with van der Waals surface area (Å²) in [7, 11) is 1.70. The lowest BCUT2D eigenvalue weighted by molar-refractivity contribution is 0.149. The van der Waals surface area contributed by atoms with Crippen LogP contribution in [-0.4, -0.2) is 23.5 Å². The Morgan fingerprint density at radius 1 is 1.69 bits per heavy atom. The second-order valence-corrected chi connectivity index (χ2v) is 3.45. The third-order valence-electron chi connectivity index (χ3n) is 1.87. The zero-order chi connectivity index (χ0) is 9.84. The monoisotopic (exact) mass is 183 g/mol. The minimum absolute atomic E-state index is 0.437. The Morgan fingerprint density at radius 2 is 2.38 bits per heavy atom. The number of methoxy groups -OCH3 is 1. The van der Waals surface area contributed by atoms with E-state index in [9.17, 15) is 0 Å². The fraction of sp³-hybridized carbons (Fsp3) is 0.667. The second-order valence-electron chi connectivity index (χ2n) is 3.45. The van der Waals surface area contributed by atoms with E-state index in [1.165, 1.54) is 0 Å². The Labute approximate surface area is 78.7 Å². The molecule has 0 aliphatic rings. The third kappa shape index (κ3) is 2.73. The Hall–Kier alpha value is -1.03. The van der Waals surface area contributed by atoms with Crippen LogP contribution >= 0.6 is 0 Å². The minimum Gasteiger partial charge on any atom is -0.384 e. The van der Waals surface area contributed by atoms with Gasteiger partial charge in [-0.15, -0.1) is 0 Å². The fourth-order valence-corrected chi connectivity index (χ4v) is 1.34. The van der Waals surface area contributed by atoms with Crippen molar-refractivity contribution in [3.05, 3.63) is 11.8 Å². The largest absolute Gasteiger partial charge is 0.384 e. The molecule has 2 N–H and O–H groups in total. The first-order valence-electron chi connectivity index (χ1n) is 4.42. The highest BCUT2D eigenvalue weighted by molar-refractivity contribution is 5.30. The number of ether oxygens (including phenoxy) is 1. The summed E-state index contributed by atoms with van der Waals surface area (Å²) in [6.45, 7) is 5.60. The maximum atomic E-state index is 5.75. The maximum Gasteiger partial charge on any atom is 0.121 e. The van der Waals surface area contributed by atoms with Crippen LogP contribution in [0.15, 0.2) is 6.07 Å². The number of hydrogen-bond donors (Lipinski definition) is 1. The Balaban J connectivity index is 2.57. The molecule has 0 fully saturated rings. The van der Waals surface area contributed by atoms with E-state index >= 15 is 0 Å². The molecule has 1 atom stereocenters. The van der Waals surface area contributed by atoms with Crippen molar-refractivity contribution in [1.29, 1.82) is 0 Å². The van der Waals surface area contributed by atoms with E-state index < -0.39 is 0 Å². The lowest BCUT2D eigenvalue weighted by atomic mass is 10.2. The fourth-order valence-electron chi connectivity index (χ4n) is 1.34. The highest BCUT2D eigenvalue weighted by Crippen LogP contribution is 2.08. The van der Waals surface area contributed by atoms with Crippen LogP contribution in [0.1, 0.15) is 12.6 Å². The topological polar surface area (TPSA) is 53.1 Å². The maximum absolute atomic E-state index is 5.75. The van der Waals surface area contributed by atoms with Crippen molar-refractivity contribution in [2.75, 3.05) is 19.5 Å². The van der Waals surface area contributed by atoms with Crippen LogP contribution in [0.25, 0.3) is 0 Å². The summed E-state index contributed by atoms with van der Waals surface area (Å²) in [5.41, 5.74) is 6.71. The van der Waals surface area contributed by atoms with Gasteiger partial charge in [0.1, 0.15) is 5.82 Å². The molecule has 0 saturated heterocycles. The zero-order valence-corrected chi connectivity index (χ0v) is 8.45. The standard InChI is InChI=1S/C9H17N3O/c1-7(6-13-3)5-12-9(10)4-8(2)11-12/h4,7H,5-6,10H2,1-3H3. The van der Waals surface area contributed by atoms with Gasteiger partial charge in [0, 0.05) is 19.7 Å². The van der Waals surface area contributed by atoms with Crippen molar-refractivity contribution >= 4 is 5.82 Å². The predicted molar refractivity (Wildman–Crippen MR) is 52.4 cm³/mol. The number of rotatable bonds is 4. The summed E-state index contributed by atoms with van der Waals surface area (Å²) in [6.07, 6.45) is 0. The van der Waals surface area contributed by atoms with E-state index in [2.05, 4.69) is 12.0 Å². The van der Waals surface area contributed by atoms with Gasteiger partial charge in [-0.25, -0.2) is 4.68 Å². The van der Waals surface area contributed by atoms with Crippen molar-refractivity contribution in [1.82, 2.24) is 9.78 Å². The number of nitrogens with zero attached hydrogens (tertiary/aromatic N) is 2. The average Bonchev–Trinajstić information content (AvgIpc) is 2.30. The van der Waals surface area contributed by atoms with E-state index in [-0.39, 0.29) is 0 Å². The first-order valence-corrected chi connectivity index (χ1v) is 4.42. The van der Waals surface area contributed by atoms with Gasteiger partial charge in [-0.05, 0) is 12.8 Å². The van der Waals surface area contributed by atoms with Crippen molar-refractivity contribution in [2.45, 2.75) is 20.4 Å². The first kappa shape index (κ1) is 10.1. The molecule has 0 spiro atoms. The Bertz CT molecular complexity index is 270. The van der Waals surface area contributed by atoms with Gasteiger partial charge in [-0.2, -0.15) is 5.10 Å². The van der Waals surface area contributed by atoms with E-state index in [1.54, 1.807) is 7.11 Å². The molecule has 0 amide bonds. The molecule has 1 heterocycles. The second kappa shape index (κ2) is 4.28. The van der Waals surface area contributed by atoms with Crippen molar-refractivity contribution in [3.63, 3.8) is 0 Å². The number of hydrogen-bond acceptors (Lipinski definition) is 3. The van der Waals surface area contributed by atoms with Crippen LogP contribution in [0.4, 0.5) is 5.82 Å². The highest BCUT2D eigenvalue weighted by atomic mass is 16.5. The number of nitrogen functional groups attached to an aromatic ring is 1. The minimum atomic E-state index is 0.437. The van der Waals surface area contributed by atoms with Gasteiger partial charge < -0.3 is 10.5 Å². The molecule has 0 saturated carbocycles. The summed E-state index contributed by atoms with van der Waals surface area (Å²) in [5.74, 6) is 1.16. The molecular formula is C9H17N3O. The molecule has 0 aromatic carbocycles. The van der Waals surface area contributed by atoms with Crippen molar-refractivity contribution < 1.29 is 4.74 Å². The first-order chi connectivity index (χ1) is 6.13. The molecule has 13 heavy (non-hydrogen) atoms. The van der Waals surface area contributed by atoms with E-state index in [1.807, 2.05) is 17.7 Å². The molecule has 4 heteroatoms. The molecule has 0 aliphatic heterocycles. The normalized spacial score (nSPS) is 13.2. The Morgan fingerprint density at radius 3 is 2.85 bits per heavy atom. The number of nitrogens with two attached hydrogens (primary N) is 1. The SMILES string of the molecule is COCC(C)Cn1nc(C)cc1N. The molecular weight excluding hydrogens is 166 g/mol.